The fraction of sp³-hybridized carbons (Fsp3) is 0.273. The Bertz CT molecular complexity index is 911. The van der Waals surface area contributed by atoms with Crippen LogP contribution < -0.4 is 9.64 Å². The molecule has 1 aliphatic heterocycles. The van der Waals surface area contributed by atoms with Gasteiger partial charge in [0.25, 0.3) is 11.1 Å². The summed E-state index contributed by atoms with van der Waals surface area (Å²) in [6, 6.07) is 15.1. The van der Waals surface area contributed by atoms with E-state index in [0.717, 1.165) is 36.1 Å². The van der Waals surface area contributed by atoms with E-state index >= 15 is 0 Å². The first-order chi connectivity index (χ1) is 14.0. The van der Waals surface area contributed by atoms with Crippen molar-refractivity contribution < 1.29 is 14.3 Å². The zero-order chi connectivity index (χ0) is 20.8. The number of benzene rings is 2. The Labute approximate surface area is 180 Å². The van der Waals surface area contributed by atoms with Crippen molar-refractivity contribution >= 4 is 46.3 Å². The van der Waals surface area contributed by atoms with Gasteiger partial charge in [0, 0.05) is 18.8 Å². The van der Waals surface area contributed by atoms with Gasteiger partial charge in [-0.05, 0) is 61.5 Å². The van der Waals surface area contributed by atoms with Crippen LogP contribution in [-0.2, 0) is 4.79 Å². The average Bonchev–Trinajstić information content (AvgIpc) is 2.99. The van der Waals surface area contributed by atoms with Crippen molar-refractivity contribution in [2.45, 2.75) is 13.8 Å². The first-order valence-electron chi connectivity index (χ1n) is 9.51. The molecule has 152 valence electrons. The molecule has 2 aromatic carbocycles. The van der Waals surface area contributed by atoms with Crippen molar-refractivity contribution in [3.63, 3.8) is 0 Å². The van der Waals surface area contributed by atoms with Crippen LogP contribution in [0.4, 0.5) is 10.5 Å². The van der Waals surface area contributed by atoms with Gasteiger partial charge in [-0.15, -0.1) is 0 Å². The standard InChI is InChI=1S/C22H23ClN2O3S/c1-3-24(4-2)17-11-9-16(10-12-17)15-20-21(26)25(22(27)29-20)13-14-28-19-8-6-5-7-18(19)23/h5-12,15H,3-4,13-14H2,1-2H3/b20-15-. The van der Waals surface area contributed by atoms with Crippen LogP contribution in [0.25, 0.3) is 6.08 Å². The van der Waals surface area contributed by atoms with Gasteiger partial charge in [0.1, 0.15) is 12.4 Å². The zero-order valence-corrected chi connectivity index (χ0v) is 18.0. The maximum absolute atomic E-state index is 12.6. The molecule has 0 spiro atoms. The fourth-order valence-electron chi connectivity index (χ4n) is 3.02. The lowest BCUT2D eigenvalue weighted by molar-refractivity contribution is -0.123. The van der Waals surface area contributed by atoms with Gasteiger partial charge in [0.15, 0.2) is 0 Å². The number of ether oxygens (including phenoxy) is 1. The molecule has 0 aliphatic carbocycles. The van der Waals surface area contributed by atoms with Gasteiger partial charge in [-0.1, -0.05) is 35.9 Å². The number of para-hydroxylation sites is 1. The molecule has 29 heavy (non-hydrogen) atoms. The van der Waals surface area contributed by atoms with E-state index in [1.807, 2.05) is 36.4 Å². The van der Waals surface area contributed by atoms with Gasteiger partial charge in [-0.25, -0.2) is 0 Å². The highest BCUT2D eigenvalue weighted by molar-refractivity contribution is 8.18. The highest BCUT2D eigenvalue weighted by Gasteiger charge is 2.34. The van der Waals surface area contributed by atoms with E-state index in [1.165, 1.54) is 4.90 Å². The minimum Gasteiger partial charge on any atom is -0.490 e. The van der Waals surface area contributed by atoms with E-state index < -0.39 is 0 Å². The molecular weight excluding hydrogens is 408 g/mol. The predicted molar refractivity (Wildman–Crippen MR) is 120 cm³/mol. The number of rotatable bonds is 8. The number of hydrogen-bond acceptors (Lipinski definition) is 5. The van der Waals surface area contributed by atoms with Crippen LogP contribution in [0.3, 0.4) is 0 Å². The minimum absolute atomic E-state index is 0.175. The first-order valence-corrected chi connectivity index (χ1v) is 10.7. The Hall–Kier alpha value is -2.44. The Morgan fingerprint density at radius 2 is 1.76 bits per heavy atom. The van der Waals surface area contributed by atoms with E-state index in [-0.39, 0.29) is 24.3 Å². The summed E-state index contributed by atoms with van der Waals surface area (Å²) in [4.78, 5) is 28.8. The van der Waals surface area contributed by atoms with Crippen molar-refractivity contribution in [3.8, 4) is 5.75 Å². The third-order valence-corrected chi connectivity index (χ3v) is 5.82. The van der Waals surface area contributed by atoms with Crippen LogP contribution in [0.15, 0.2) is 53.4 Å². The number of hydrogen-bond donors (Lipinski definition) is 0. The van der Waals surface area contributed by atoms with E-state index in [4.69, 9.17) is 16.3 Å². The van der Waals surface area contributed by atoms with Crippen LogP contribution in [-0.4, -0.2) is 42.3 Å². The molecule has 1 fully saturated rings. The lowest BCUT2D eigenvalue weighted by atomic mass is 10.1. The summed E-state index contributed by atoms with van der Waals surface area (Å²) in [7, 11) is 0. The minimum atomic E-state index is -0.296. The van der Waals surface area contributed by atoms with Gasteiger partial charge in [0.05, 0.1) is 16.5 Å². The highest BCUT2D eigenvalue weighted by Crippen LogP contribution is 2.32. The summed E-state index contributed by atoms with van der Waals surface area (Å²) in [6.07, 6.45) is 1.76. The van der Waals surface area contributed by atoms with Gasteiger partial charge in [0.2, 0.25) is 0 Å². The second kappa shape index (κ2) is 9.85. The molecule has 5 nitrogen and oxygen atoms in total. The molecule has 0 bridgehead atoms. The van der Waals surface area contributed by atoms with Gasteiger partial charge in [-0.2, -0.15) is 0 Å². The Morgan fingerprint density at radius 1 is 1.07 bits per heavy atom. The fourth-order valence-corrected chi connectivity index (χ4v) is 4.08. The number of nitrogens with zero attached hydrogens (tertiary/aromatic N) is 2. The van der Waals surface area contributed by atoms with Crippen LogP contribution >= 0.6 is 23.4 Å². The third kappa shape index (κ3) is 5.14. The van der Waals surface area contributed by atoms with Crippen molar-refractivity contribution in [1.29, 1.82) is 0 Å². The van der Waals surface area contributed by atoms with Crippen molar-refractivity contribution in [1.82, 2.24) is 4.90 Å². The topological polar surface area (TPSA) is 49.9 Å². The van der Waals surface area contributed by atoms with Crippen molar-refractivity contribution in [2.75, 3.05) is 31.1 Å². The molecule has 0 unspecified atom stereocenters. The molecule has 2 aromatic rings. The number of amides is 2. The van der Waals surface area contributed by atoms with Crippen LogP contribution in [0.5, 0.6) is 5.75 Å². The summed E-state index contributed by atoms with van der Waals surface area (Å²) >= 11 is 7.00. The molecule has 1 saturated heterocycles. The average molecular weight is 431 g/mol. The number of halogens is 1. The SMILES string of the molecule is CCN(CC)c1ccc(/C=C2\SC(=O)N(CCOc3ccccc3Cl)C2=O)cc1. The van der Waals surface area contributed by atoms with Crippen LogP contribution in [0.2, 0.25) is 5.02 Å². The highest BCUT2D eigenvalue weighted by atomic mass is 35.5. The normalized spacial score (nSPS) is 15.3. The van der Waals surface area contributed by atoms with E-state index in [2.05, 4.69) is 18.7 Å². The maximum Gasteiger partial charge on any atom is 0.293 e. The molecular formula is C22H23ClN2O3S. The van der Waals surface area contributed by atoms with E-state index in [9.17, 15) is 9.59 Å². The van der Waals surface area contributed by atoms with Crippen molar-refractivity contribution in [2.24, 2.45) is 0 Å². The Kier molecular flexibility index (Phi) is 7.23. The van der Waals surface area contributed by atoms with Gasteiger partial charge in [-0.3, -0.25) is 14.5 Å². The summed E-state index contributed by atoms with van der Waals surface area (Å²) in [5.41, 5.74) is 2.02. The monoisotopic (exact) mass is 430 g/mol. The molecule has 1 aliphatic rings. The Balaban J connectivity index is 1.63. The lowest BCUT2D eigenvalue weighted by Crippen LogP contribution is -2.32. The lowest BCUT2D eigenvalue weighted by Gasteiger charge is -2.20. The molecule has 1 heterocycles. The first kappa shape index (κ1) is 21.3. The molecule has 0 radical (unpaired) electrons. The quantitative estimate of drug-likeness (QED) is 0.532. The Morgan fingerprint density at radius 3 is 2.41 bits per heavy atom. The zero-order valence-electron chi connectivity index (χ0n) is 16.4. The summed E-state index contributed by atoms with van der Waals surface area (Å²) < 4.78 is 5.59. The molecule has 7 heteroatoms. The summed E-state index contributed by atoms with van der Waals surface area (Å²) in [6.45, 7) is 6.46. The number of carbonyl (C=O) groups excluding carboxylic acids is 2. The summed E-state index contributed by atoms with van der Waals surface area (Å²) in [5.74, 6) is 0.237. The molecule has 0 saturated carbocycles. The van der Waals surface area contributed by atoms with E-state index in [1.54, 1.807) is 18.2 Å². The number of thioether (sulfide) groups is 1. The second-order valence-corrected chi connectivity index (χ2v) is 7.78. The van der Waals surface area contributed by atoms with E-state index in [0.29, 0.717) is 15.7 Å². The van der Waals surface area contributed by atoms with Crippen LogP contribution in [0.1, 0.15) is 19.4 Å². The smallest absolute Gasteiger partial charge is 0.293 e. The van der Waals surface area contributed by atoms with Crippen molar-refractivity contribution in [3.05, 3.63) is 64.0 Å². The molecule has 0 atom stereocenters. The largest absolute Gasteiger partial charge is 0.490 e. The number of anilines is 1. The molecule has 0 N–H and O–H groups in total. The summed E-state index contributed by atoms with van der Waals surface area (Å²) in [5, 5.41) is 0.207. The molecule has 3 rings (SSSR count). The maximum atomic E-state index is 12.6. The molecule has 0 aromatic heterocycles. The molecule has 2 amide bonds. The number of imide groups is 1. The van der Waals surface area contributed by atoms with Gasteiger partial charge < -0.3 is 9.64 Å². The second-order valence-electron chi connectivity index (χ2n) is 6.38. The third-order valence-electron chi connectivity index (χ3n) is 4.60. The van der Waals surface area contributed by atoms with Crippen LogP contribution in [0, 0.1) is 0 Å². The number of carbonyl (C=O) groups is 2. The van der Waals surface area contributed by atoms with Gasteiger partial charge >= 0.3 is 0 Å². The predicted octanol–water partition coefficient (Wildman–Crippen LogP) is 5.30.